The van der Waals surface area contributed by atoms with Crippen LogP contribution in [0.15, 0.2) is 18.2 Å². The van der Waals surface area contributed by atoms with Gasteiger partial charge in [-0.1, -0.05) is 25.2 Å². The summed E-state index contributed by atoms with van der Waals surface area (Å²) in [5, 5.41) is 22.8. The number of anilines is 1. The molecule has 0 unspecified atom stereocenters. The molecule has 2 aromatic rings. The lowest BCUT2D eigenvalue weighted by Crippen LogP contribution is -2.20. The number of aromatic nitrogens is 2. The first-order chi connectivity index (χ1) is 11.9. The summed E-state index contributed by atoms with van der Waals surface area (Å²) in [6.07, 6.45) is 1.95. The van der Waals surface area contributed by atoms with Gasteiger partial charge in [0, 0.05) is 18.1 Å². The minimum absolute atomic E-state index is 0.0166. The van der Waals surface area contributed by atoms with E-state index in [-0.39, 0.29) is 18.2 Å². The first-order valence-corrected chi connectivity index (χ1v) is 8.77. The predicted octanol–water partition coefficient (Wildman–Crippen LogP) is 3.68. The average Bonchev–Trinajstić information content (AvgIpc) is 3.03. The number of hydrogen-bond donors (Lipinski definition) is 1. The Labute approximate surface area is 149 Å². The lowest BCUT2D eigenvalue weighted by atomic mass is 10.1. The van der Waals surface area contributed by atoms with Gasteiger partial charge in [0.25, 0.3) is 11.6 Å². The first kappa shape index (κ1) is 18.8. The second-order valence-electron chi connectivity index (χ2n) is 5.50. The Morgan fingerprint density at radius 2 is 2.08 bits per heavy atom. The number of amides is 1. The lowest BCUT2D eigenvalue weighted by Gasteiger charge is -2.08. The Morgan fingerprint density at radius 3 is 2.68 bits per heavy atom. The number of carbonyl (C=O) groups is 1. The topological polar surface area (TPSA) is 107 Å². The number of nitrogens with zero attached hydrogens (tertiary/aromatic N) is 3. The fourth-order valence-electron chi connectivity index (χ4n) is 2.30. The minimum atomic E-state index is -0.476. The van der Waals surface area contributed by atoms with E-state index in [2.05, 4.69) is 29.4 Å². The summed E-state index contributed by atoms with van der Waals surface area (Å²) in [4.78, 5) is 22.2. The molecule has 1 heterocycles. The third kappa shape index (κ3) is 4.96. The van der Waals surface area contributed by atoms with Crippen molar-refractivity contribution in [2.24, 2.45) is 0 Å². The normalized spacial score (nSPS) is 10.7. The molecule has 25 heavy (non-hydrogen) atoms. The van der Waals surface area contributed by atoms with E-state index in [1.165, 1.54) is 29.5 Å². The van der Waals surface area contributed by atoms with Crippen molar-refractivity contribution in [1.82, 2.24) is 10.2 Å². The van der Waals surface area contributed by atoms with Crippen LogP contribution < -0.4 is 10.1 Å². The molecule has 1 aromatic carbocycles. The van der Waals surface area contributed by atoms with Gasteiger partial charge < -0.3 is 4.74 Å². The number of carbonyl (C=O) groups excluding carboxylic acids is 1. The van der Waals surface area contributed by atoms with E-state index in [0.717, 1.165) is 17.8 Å². The Hall–Kier alpha value is -2.55. The summed E-state index contributed by atoms with van der Waals surface area (Å²) in [6.45, 7) is 5.66. The van der Waals surface area contributed by atoms with Crippen LogP contribution in [0.25, 0.3) is 0 Å². The van der Waals surface area contributed by atoms with Crippen LogP contribution in [0.5, 0.6) is 5.75 Å². The van der Waals surface area contributed by atoms with E-state index in [0.29, 0.717) is 22.4 Å². The van der Waals surface area contributed by atoms with Crippen LogP contribution in [-0.2, 0) is 4.79 Å². The van der Waals surface area contributed by atoms with Crippen molar-refractivity contribution in [1.29, 1.82) is 0 Å². The number of rotatable bonds is 8. The first-order valence-electron chi connectivity index (χ1n) is 7.95. The second-order valence-corrected chi connectivity index (χ2v) is 6.51. The van der Waals surface area contributed by atoms with Gasteiger partial charge in [-0.2, -0.15) is 0 Å². The van der Waals surface area contributed by atoms with E-state index in [1.807, 2.05) is 0 Å². The molecule has 0 radical (unpaired) electrons. The van der Waals surface area contributed by atoms with Crippen LogP contribution in [0.4, 0.5) is 10.8 Å². The average molecular weight is 364 g/mol. The molecule has 0 saturated carbocycles. The Balaban J connectivity index is 1.92. The van der Waals surface area contributed by atoms with Crippen molar-refractivity contribution in [2.75, 3.05) is 11.9 Å². The van der Waals surface area contributed by atoms with Crippen molar-refractivity contribution in [3.63, 3.8) is 0 Å². The van der Waals surface area contributed by atoms with Crippen LogP contribution in [0.3, 0.4) is 0 Å². The molecule has 1 amide bonds. The summed E-state index contributed by atoms with van der Waals surface area (Å²) < 4.78 is 5.42. The molecule has 9 heteroatoms. The number of aryl methyl sites for hydroxylation is 1. The number of nitro groups is 1. The molecule has 0 fully saturated rings. The molecule has 0 aliphatic rings. The Kier molecular flexibility index (Phi) is 6.40. The van der Waals surface area contributed by atoms with Crippen molar-refractivity contribution in [3.05, 3.63) is 38.9 Å². The van der Waals surface area contributed by atoms with Crippen LogP contribution in [0, 0.1) is 17.0 Å². The number of ether oxygens (including phenoxy) is 1. The fraction of sp³-hybridized carbons (Fsp3) is 0.438. The summed E-state index contributed by atoms with van der Waals surface area (Å²) in [5.74, 6) is 0.419. The molecular formula is C16H20N4O4S. The smallest absolute Gasteiger partial charge is 0.269 e. The number of nitro benzene ring substituents is 1. The SMILES string of the molecule is CCC(CC)c1nnc(NC(=O)COc2ccc([N+](=O)[O-])cc2C)s1. The predicted molar refractivity (Wildman–Crippen MR) is 95.2 cm³/mol. The van der Waals surface area contributed by atoms with Gasteiger partial charge in [0.15, 0.2) is 6.61 Å². The molecule has 0 spiro atoms. The molecule has 0 aliphatic heterocycles. The van der Waals surface area contributed by atoms with Gasteiger partial charge in [-0.05, 0) is 31.4 Å². The highest BCUT2D eigenvalue weighted by Crippen LogP contribution is 2.28. The molecule has 0 saturated heterocycles. The van der Waals surface area contributed by atoms with Gasteiger partial charge in [-0.3, -0.25) is 20.2 Å². The van der Waals surface area contributed by atoms with E-state index in [4.69, 9.17) is 4.74 Å². The highest BCUT2D eigenvalue weighted by molar-refractivity contribution is 7.15. The van der Waals surface area contributed by atoms with E-state index >= 15 is 0 Å². The van der Waals surface area contributed by atoms with Gasteiger partial charge in [0.2, 0.25) is 5.13 Å². The van der Waals surface area contributed by atoms with E-state index in [9.17, 15) is 14.9 Å². The molecule has 0 atom stereocenters. The zero-order valence-corrected chi connectivity index (χ0v) is 15.1. The van der Waals surface area contributed by atoms with Crippen molar-refractivity contribution in [2.45, 2.75) is 39.5 Å². The number of hydrogen-bond acceptors (Lipinski definition) is 7. The van der Waals surface area contributed by atoms with Crippen molar-refractivity contribution in [3.8, 4) is 5.75 Å². The summed E-state index contributed by atoms with van der Waals surface area (Å²) >= 11 is 1.36. The maximum absolute atomic E-state index is 12.0. The number of non-ortho nitro benzene ring substituents is 1. The summed E-state index contributed by atoms with van der Waals surface area (Å²) in [6, 6.07) is 4.23. The molecule has 8 nitrogen and oxygen atoms in total. The second kappa shape index (κ2) is 8.52. The van der Waals surface area contributed by atoms with Crippen LogP contribution in [-0.4, -0.2) is 27.6 Å². The molecule has 0 aliphatic carbocycles. The van der Waals surface area contributed by atoms with Gasteiger partial charge in [-0.15, -0.1) is 10.2 Å². The minimum Gasteiger partial charge on any atom is -0.483 e. The van der Waals surface area contributed by atoms with Crippen LogP contribution in [0.2, 0.25) is 0 Å². The Morgan fingerprint density at radius 1 is 1.36 bits per heavy atom. The van der Waals surface area contributed by atoms with Crippen LogP contribution >= 0.6 is 11.3 Å². The third-order valence-corrected chi connectivity index (χ3v) is 4.75. The quantitative estimate of drug-likeness (QED) is 0.565. The zero-order chi connectivity index (χ0) is 18.4. The summed E-state index contributed by atoms with van der Waals surface area (Å²) in [7, 11) is 0. The maximum atomic E-state index is 12.0. The highest BCUT2D eigenvalue weighted by atomic mass is 32.1. The van der Waals surface area contributed by atoms with Gasteiger partial charge >= 0.3 is 0 Å². The van der Waals surface area contributed by atoms with E-state index < -0.39 is 4.92 Å². The molecule has 1 N–H and O–H groups in total. The van der Waals surface area contributed by atoms with Crippen molar-refractivity contribution >= 4 is 28.1 Å². The standard InChI is InChI=1S/C16H20N4O4S/c1-4-11(5-2)15-18-19-16(25-15)17-14(21)9-24-13-7-6-12(20(22)23)8-10(13)3/h6-8,11H,4-5,9H2,1-3H3,(H,17,19,21). The van der Waals surface area contributed by atoms with Gasteiger partial charge in [-0.25, -0.2) is 0 Å². The molecule has 2 rings (SSSR count). The zero-order valence-electron chi connectivity index (χ0n) is 14.3. The molecule has 134 valence electrons. The van der Waals surface area contributed by atoms with Gasteiger partial charge in [0.1, 0.15) is 10.8 Å². The Bertz CT molecular complexity index is 758. The maximum Gasteiger partial charge on any atom is 0.269 e. The fourth-order valence-corrected chi connectivity index (χ4v) is 3.32. The highest BCUT2D eigenvalue weighted by Gasteiger charge is 2.15. The molecule has 0 bridgehead atoms. The van der Waals surface area contributed by atoms with Gasteiger partial charge in [0.05, 0.1) is 4.92 Å². The van der Waals surface area contributed by atoms with E-state index in [1.54, 1.807) is 6.92 Å². The number of nitrogens with one attached hydrogen (secondary N) is 1. The largest absolute Gasteiger partial charge is 0.483 e. The third-order valence-electron chi connectivity index (χ3n) is 3.75. The lowest BCUT2D eigenvalue weighted by molar-refractivity contribution is -0.384. The van der Waals surface area contributed by atoms with Crippen molar-refractivity contribution < 1.29 is 14.5 Å². The monoisotopic (exact) mass is 364 g/mol. The molecule has 1 aromatic heterocycles. The number of benzene rings is 1. The van der Waals surface area contributed by atoms with Crippen LogP contribution in [0.1, 0.15) is 43.2 Å². The summed E-state index contributed by atoms with van der Waals surface area (Å²) in [5.41, 5.74) is 0.575. The molecular weight excluding hydrogens is 344 g/mol.